The number of urea groups is 1. The van der Waals surface area contributed by atoms with E-state index in [4.69, 9.17) is 0 Å². The molecule has 2 amide bonds. The topological polar surface area (TPSA) is 61.4 Å². The summed E-state index contributed by atoms with van der Waals surface area (Å²) in [6, 6.07) is 5.58. The Hall–Kier alpha value is -1.20. The molecule has 1 rings (SSSR count). The number of benzene rings is 1. The molecule has 0 aliphatic heterocycles. The Kier molecular flexibility index (Phi) is 6.88. The number of amides is 2. The fraction of sp³-hybridized carbons (Fsp3) is 0.533. The molecule has 3 N–H and O–H groups in total. The second kappa shape index (κ2) is 8.17. The standard InChI is InChI=1S/C15H24N2O2S/c1-5-12-8-13(7-6-10(12)2)17-15(19)16-11(3)14(9-18)20-4/h6-8,11,14,18H,5,9H2,1-4H3,(H2,16,17,19). The van der Waals surface area contributed by atoms with Crippen LogP contribution in [0.25, 0.3) is 0 Å². The molecule has 0 saturated heterocycles. The van der Waals surface area contributed by atoms with Gasteiger partial charge in [-0.05, 0) is 49.8 Å². The molecular formula is C15H24N2O2S. The van der Waals surface area contributed by atoms with Gasteiger partial charge >= 0.3 is 6.03 Å². The van der Waals surface area contributed by atoms with E-state index < -0.39 is 0 Å². The van der Waals surface area contributed by atoms with Crippen LogP contribution in [0.3, 0.4) is 0 Å². The first-order valence-electron chi connectivity index (χ1n) is 6.82. The fourth-order valence-corrected chi connectivity index (χ4v) is 2.66. The molecule has 0 heterocycles. The molecule has 0 bridgehead atoms. The summed E-state index contributed by atoms with van der Waals surface area (Å²) in [6.45, 7) is 6.10. The van der Waals surface area contributed by atoms with E-state index in [9.17, 15) is 9.90 Å². The first-order valence-corrected chi connectivity index (χ1v) is 8.11. The van der Waals surface area contributed by atoms with Crippen molar-refractivity contribution >= 4 is 23.5 Å². The summed E-state index contributed by atoms with van der Waals surface area (Å²) in [7, 11) is 0. The molecule has 0 aliphatic rings. The van der Waals surface area contributed by atoms with Crippen LogP contribution in [0.2, 0.25) is 0 Å². The summed E-state index contributed by atoms with van der Waals surface area (Å²) in [6.07, 6.45) is 2.86. The van der Waals surface area contributed by atoms with Crippen molar-refractivity contribution in [3.05, 3.63) is 29.3 Å². The molecular weight excluding hydrogens is 272 g/mol. The number of hydrogen-bond acceptors (Lipinski definition) is 3. The van der Waals surface area contributed by atoms with Crippen molar-refractivity contribution in [3.63, 3.8) is 0 Å². The van der Waals surface area contributed by atoms with Crippen LogP contribution in [0, 0.1) is 6.92 Å². The summed E-state index contributed by atoms with van der Waals surface area (Å²) >= 11 is 1.54. The number of carbonyl (C=O) groups excluding carboxylic acids is 1. The van der Waals surface area contributed by atoms with E-state index in [0.29, 0.717) is 0 Å². The Bertz CT molecular complexity index is 447. The first kappa shape index (κ1) is 16.9. The number of aliphatic hydroxyl groups is 1. The highest BCUT2D eigenvalue weighted by Crippen LogP contribution is 2.16. The largest absolute Gasteiger partial charge is 0.395 e. The highest BCUT2D eigenvalue weighted by molar-refractivity contribution is 7.99. The second-order valence-corrected chi connectivity index (χ2v) is 5.92. The van der Waals surface area contributed by atoms with Gasteiger partial charge in [0.05, 0.1) is 6.61 Å². The zero-order chi connectivity index (χ0) is 15.1. The third-order valence-electron chi connectivity index (χ3n) is 3.39. The van der Waals surface area contributed by atoms with E-state index in [1.54, 1.807) is 11.8 Å². The maximum Gasteiger partial charge on any atom is 0.319 e. The third-order valence-corrected chi connectivity index (χ3v) is 4.55. The van der Waals surface area contributed by atoms with Crippen molar-refractivity contribution in [2.75, 3.05) is 18.2 Å². The van der Waals surface area contributed by atoms with Gasteiger partial charge in [-0.3, -0.25) is 0 Å². The lowest BCUT2D eigenvalue weighted by atomic mass is 10.1. The van der Waals surface area contributed by atoms with Gasteiger partial charge in [0.1, 0.15) is 0 Å². The van der Waals surface area contributed by atoms with Crippen LogP contribution in [0.5, 0.6) is 0 Å². The molecule has 112 valence electrons. The number of thioether (sulfide) groups is 1. The molecule has 1 aromatic carbocycles. The van der Waals surface area contributed by atoms with Crippen molar-refractivity contribution in [2.45, 2.75) is 38.5 Å². The van der Waals surface area contributed by atoms with E-state index in [1.165, 1.54) is 11.1 Å². The van der Waals surface area contributed by atoms with Crippen LogP contribution in [0.4, 0.5) is 10.5 Å². The lowest BCUT2D eigenvalue weighted by Gasteiger charge is -2.21. The molecule has 2 atom stereocenters. The number of anilines is 1. The van der Waals surface area contributed by atoms with Crippen LogP contribution in [0.15, 0.2) is 18.2 Å². The predicted octanol–water partition coefficient (Wildman–Crippen LogP) is 2.79. The summed E-state index contributed by atoms with van der Waals surface area (Å²) in [4.78, 5) is 11.9. The first-order chi connectivity index (χ1) is 9.51. The molecule has 0 fully saturated rings. The van der Waals surface area contributed by atoms with Crippen LogP contribution < -0.4 is 10.6 Å². The molecule has 20 heavy (non-hydrogen) atoms. The van der Waals surface area contributed by atoms with Gasteiger partial charge in [0, 0.05) is 17.0 Å². The molecule has 2 unspecified atom stereocenters. The SMILES string of the molecule is CCc1cc(NC(=O)NC(C)C(CO)SC)ccc1C. The zero-order valence-electron chi connectivity index (χ0n) is 12.6. The lowest BCUT2D eigenvalue weighted by Crippen LogP contribution is -2.43. The summed E-state index contributed by atoms with van der Waals surface area (Å²) in [5, 5.41) is 14.9. The van der Waals surface area contributed by atoms with Crippen LogP contribution in [0.1, 0.15) is 25.0 Å². The summed E-state index contributed by atoms with van der Waals surface area (Å²) in [5.74, 6) is 0. The minimum absolute atomic E-state index is 0.00460. The molecule has 0 aliphatic carbocycles. The summed E-state index contributed by atoms with van der Waals surface area (Å²) in [5.41, 5.74) is 3.25. The summed E-state index contributed by atoms with van der Waals surface area (Å²) < 4.78 is 0. The molecule has 0 saturated carbocycles. The van der Waals surface area contributed by atoms with Crippen molar-refractivity contribution < 1.29 is 9.90 Å². The molecule has 0 aromatic heterocycles. The van der Waals surface area contributed by atoms with Gasteiger partial charge in [0.15, 0.2) is 0 Å². The van der Waals surface area contributed by atoms with Crippen molar-refractivity contribution in [3.8, 4) is 0 Å². The van der Waals surface area contributed by atoms with E-state index in [0.717, 1.165) is 12.1 Å². The molecule has 4 nitrogen and oxygen atoms in total. The minimum Gasteiger partial charge on any atom is -0.395 e. The van der Waals surface area contributed by atoms with E-state index in [1.807, 2.05) is 31.4 Å². The van der Waals surface area contributed by atoms with Crippen molar-refractivity contribution in [1.29, 1.82) is 0 Å². The van der Waals surface area contributed by atoms with Crippen LogP contribution >= 0.6 is 11.8 Å². The van der Waals surface area contributed by atoms with Crippen LogP contribution in [-0.2, 0) is 6.42 Å². The van der Waals surface area contributed by atoms with Crippen molar-refractivity contribution in [1.82, 2.24) is 5.32 Å². The number of hydrogen-bond donors (Lipinski definition) is 3. The van der Waals surface area contributed by atoms with Gasteiger partial charge < -0.3 is 15.7 Å². The highest BCUT2D eigenvalue weighted by Gasteiger charge is 2.17. The minimum atomic E-state index is -0.240. The molecule has 1 aromatic rings. The number of aryl methyl sites for hydroxylation is 2. The smallest absolute Gasteiger partial charge is 0.319 e. The molecule has 0 radical (unpaired) electrons. The Morgan fingerprint density at radius 1 is 1.45 bits per heavy atom. The average molecular weight is 296 g/mol. The Labute approximate surface area is 125 Å². The monoisotopic (exact) mass is 296 g/mol. The highest BCUT2D eigenvalue weighted by atomic mass is 32.2. The average Bonchev–Trinajstić information content (AvgIpc) is 2.42. The van der Waals surface area contributed by atoms with Crippen molar-refractivity contribution in [2.24, 2.45) is 0 Å². The van der Waals surface area contributed by atoms with E-state index >= 15 is 0 Å². The van der Waals surface area contributed by atoms with Gasteiger partial charge in [-0.15, -0.1) is 0 Å². The Morgan fingerprint density at radius 3 is 2.70 bits per heavy atom. The number of aliphatic hydroxyl groups excluding tert-OH is 1. The Morgan fingerprint density at radius 2 is 2.15 bits per heavy atom. The second-order valence-electron chi connectivity index (χ2n) is 4.84. The van der Waals surface area contributed by atoms with Crippen LogP contribution in [-0.4, -0.2) is 35.3 Å². The predicted molar refractivity (Wildman–Crippen MR) is 86.6 cm³/mol. The van der Waals surface area contributed by atoms with Gasteiger partial charge in [-0.25, -0.2) is 4.79 Å². The number of nitrogens with one attached hydrogen (secondary N) is 2. The van der Waals surface area contributed by atoms with Gasteiger partial charge in [0.2, 0.25) is 0 Å². The molecule has 5 heteroatoms. The zero-order valence-corrected chi connectivity index (χ0v) is 13.4. The maximum absolute atomic E-state index is 11.9. The molecule has 0 spiro atoms. The number of carbonyl (C=O) groups is 1. The van der Waals surface area contributed by atoms with Gasteiger partial charge in [-0.1, -0.05) is 13.0 Å². The van der Waals surface area contributed by atoms with E-state index in [-0.39, 0.29) is 23.9 Å². The maximum atomic E-state index is 11.9. The third kappa shape index (κ3) is 4.72. The number of rotatable bonds is 6. The van der Waals surface area contributed by atoms with E-state index in [2.05, 4.69) is 24.5 Å². The van der Waals surface area contributed by atoms with Gasteiger partial charge in [0.25, 0.3) is 0 Å². The van der Waals surface area contributed by atoms with Gasteiger partial charge in [-0.2, -0.15) is 11.8 Å². The lowest BCUT2D eigenvalue weighted by molar-refractivity contribution is 0.243. The normalized spacial score (nSPS) is 13.7. The Balaban J connectivity index is 2.62. The quantitative estimate of drug-likeness (QED) is 0.756. The fourth-order valence-electron chi connectivity index (χ4n) is 2.03.